The van der Waals surface area contributed by atoms with Gasteiger partial charge in [-0.25, -0.2) is 4.79 Å². The highest BCUT2D eigenvalue weighted by Crippen LogP contribution is 2.23. The third-order valence-electron chi connectivity index (χ3n) is 2.75. The molecule has 1 rings (SSSR count). The van der Waals surface area contributed by atoms with Crippen LogP contribution in [0.15, 0.2) is 0 Å². The predicted molar refractivity (Wildman–Crippen MR) is 62.2 cm³/mol. The van der Waals surface area contributed by atoms with E-state index in [0.29, 0.717) is 12.5 Å². The number of ether oxygens (including phenoxy) is 1. The zero-order valence-corrected chi connectivity index (χ0v) is 10.5. The Bertz CT molecular complexity index is 227. The van der Waals surface area contributed by atoms with Gasteiger partial charge in [0.25, 0.3) is 0 Å². The van der Waals surface area contributed by atoms with Crippen LogP contribution in [0.25, 0.3) is 0 Å². The van der Waals surface area contributed by atoms with Crippen molar-refractivity contribution in [1.29, 1.82) is 0 Å². The van der Waals surface area contributed by atoms with Crippen molar-refractivity contribution < 1.29 is 14.6 Å². The topological polar surface area (TPSA) is 58.6 Å². The first-order valence-electron chi connectivity index (χ1n) is 6.02. The van der Waals surface area contributed by atoms with E-state index >= 15 is 0 Å². The van der Waals surface area contributed by atoms with Gasteiger partial charge in [-0.2, -0.15) is 0 Å². The van der Waals surface area contributed by atoms with Crippen LogP contribution in [0.1, 0.15) is 46.5 Å². The molecule has 0 saturated heterocycles. The molecule has 0 spiro atoms. The van der Waals surface area contributed by atoms with Gasteiger partial charge < -0.3 is 15.2 Å². The number of aliphatic hydroxyl groups is 1. The molecule has 0 bridgehead atoms. The average Bonchev–Trinajstić information content (AvgIpc) is 2.14. The highest BCUT2D eigenvalue weighted by Gasteiger charge is 2.21. The molecule has 4 heteroatoms. The molecule has 0 unspecified atom stereocenters. The van der Waals surface area contributed by atoms with Gasteiger partial charge in [0.05, 0.1) is 6.10 Å². The predicted octanol–water partition coefficient (Wildman–Crippen LogP) is 2.06. The van der Waals surface area contributed by atoms with Gasteiger partial charge in [-0.05, 0) is 52.4 Å². The van der Waals surface area contributed by atoms with Crippen LogP contribution < -0.4 is 5.32 Å². The van der Waals surface area contributed by atoms with Crippen molar-refractivity contribution in [2.75, 3.05) is 6.54 Å². The van der Waals surface area contributed by atoms with Crippen LogP contribution in [0.2, 0.25) is 0 Å². The molecular weight excluding hydrogens is 206 g/mol. The maximum absolute atomic E-state index is 11.4. The van der Waals surface area contributed by atoms with Crippen LogP contribution >= 0.6 is 0 Å². The summed E-state index contributed by atoms with van der Waals surface area (Å²) in [6, 6.07) is 0. The monoisotopic (exact) mass is 229 g/mol. The van der Waals surface area contributed by atoms with Crippen LogP contribution in [0.4, 0.5) is 4.79 Å². The Morgan fingerprint density at radius 2 is 1.88 bits per heavy atom. The number of amides is 1. The van der Waals surface area contributed by atoms with Crippen molar-refractivity contribution in [3.05, 3.63) is 0 Å². The van der Waals surface area contributed by atoms with Crippen molar-refractivity contribution in [3.8, 4) is 0 Å². The van der Waals surface area contributed by atoms with Gasteiger partial charge in [0.15, 0.2) is 0 Å². The number of nitrogens with one attached hydrogen (secondary N) is 1. The van der Waals surface area contributed by atoms with Crippen molar-refractivity contribution in [2.24, 2.45) is 5.92 Å². The Hall–Kier alpha value is -0.770. The minimum absolute atomic E-state index is 0.141. The molecule has 0 heterocycles. The van der Waals surface area contributed by atoms with E-state index in [-0.39, 0.29) is 12.2 Å². The van der Waals surface area contributed by atoms with E-state index < -0.39 is 5.60 Å². The van der Waals surface area contributed by atoms with Crippen LogP contribution in [-0.2, 0) is 4.74 Å². The second-order valence-corrected chi connectivity index (χ2v) is 5.56. The molecule has 1 amide bonds. The highest BCUT2D eigenvalue weighted by molar-refractivity contribution is 5.67. The van der Waals surface area contributed by atoms with E-state index in [1.807, 2.05) is 20.8 Å². The van der Waals surface area contributed by atoms with Crippen LogP contribution in [0, 0.1) is 5.92 Å². The molecule has 4 nitrogen and oxygen atoms in total. The van der Waals surface area contributed by atoms with E-state index in [1.165, 1.54) is 0 Å². The summed E-state index contributed by atoms with van der Waals surface area (Å²) in [7, 11) is 0. The minimum atomic E-state index is -0.438. The van der Waals surface area contributed by atoms with Gasteiger partial charge in [-0.15, -0.1) is 0 Å². The summed E-state index contributed by atoms with van der Waals surface area (Å²) < 4.78 is 5.15. The van der Waals surface area contributed by atoms with Gasteiger partial charge in [-0.1, -0.05) is 0 Å². The molecule has 1 aliphatic rings. The third-order valence-corrected chi connectivity index (χ3v) is 2.75. The lowest BCUT2D eigenvalue weighted by Gasteiger charge is -2.26. The van der Waals surface area contributed by atoms with E-state index in [4.69, 9.17) is 4.74 Å². The van der Waals surface area contributed by atoms with Gasteiger partial charge in [0, 0.05) is 6.54 Å². The molecule has 94 valence electrons. The molecular formula is C12H23NO3. The minimum Gasteiger partial charge on any atom is -0.444 e. The second-order valence-electron chi connectivity index (χ2n) is 5.56. The SMILES string of the molecule is CC(C)(C)OC(=O)NC[C@H]1CC[C@H](O)CC1. The Morgan fingerprint density at radius 3 is 2.38 bits per heavy atom. The lowest BCUT2D eigenvalue weighted by molar-refractivity contribution is 0.0504. The van der Waals surface area contributed by atoms with Crippen molar-refractivity contribution in [1.82, 2.24) is 5.32 Å². The lowest BCUT2D eigenvalue weighted by atomic mass is 9.87. The molecule has 0 aromatic rings. The summed E-state index contributed by atoms with van der Waals surface area (Å²) in [6.07, 6.45) is 3.17. The fraction of sp³-hybridized carbons (Fsp3) is 0.917. The maximum atomic E-state index is 11.4. The standard InChI is InChI=1S/C12H23NO3/c1-12(2,3)16-11(15)13-8-9-4-6-10(14)7-5-9/h9-10,14H,4-8H2,1-3H3,(H,13,15)/t9-,10-. The zero-order chi connectivity index (χ0) is 12.2. The summed E-state index contributed by atoms with van der Waals surface area (Å²) in [5, 5.41) is 12.1. The quantitative estimate of drug-likeness (QED) is 0.762. The summed E-state index contributed by atoms with van der Waals surface area (Å²) in [4.78, 5) is 11.4. The summed E-state index contributed by atoms with van der Waals surface area (Å²) >= 11 is 0. The normalized spacial score (nSPS) is 26.2. The number of carbonyl (C=O) groups excluding carboxylic acids is 1. The first-order chi connectivity index (χ1) is 7.37. The van der Waals surface area contributed by atoms with Crippen LogP contribution in [0.5, 0.6) is 0 Å². The number of hydrogen-bond acceptors (Lipinski definition) is 3. The smallest absolute Gasteiger partial charge is 0.407 e. The summed E-state index contributed by atoms with van der Waals surface area (Å²) in [5.41, 5.74) is -0.438. The number of carbonyl (C=O) groups is 1. The maximum Gasteiger partial charge on any atom is 0.407 e. The van der Waals surface area contributed by atoms with E-state index in [2.05, 4.69) is 5.32 Å². The van der Waals surface area contributed by atoms with Gasteiger partial charge >= 0.3 is 6.09 Å². The number of alkyl carbamates (subject to hydrolysis) is 1. The molecule has 1 saturated carbocycles. The Balaban J connectivity index is 2.17. The largest absolute Gasteiger partial charge is 0.444 e. The van der Waals surface area contributed by atoms with Gasteiger partial charge in [0.1, 0.15) is 5.60 Å². The van der Waals surface area contributed by atoms with Crippen LogP contribution in [-0.4, -0.2) is 29.4 Å². The highest BCUT2D eigenvalue weighted by atomic mass is 16.6. The molecule has 2 N–H and O–H groups in total. The van der Waals surface area contributed by atoms with Crippen molar-refractivity contribution >= 4 is 6.09 Å². The first-order valence-corrected chi connectivity index (χ1v) is 6.02. The average molecular weight is 229 g/mol. The van der Waals surface area contributed by atoms with Gasteiger partial charge in [0.2, 0.25) is 0 Å². The molecule has 1 aliphatic carbocycles. The molecule has 1 fully saturated rings. The molecule has 0 atom stereocenters. The molecule has 0 radical (unpaired) electrons. The number of hydrogen-bond donors (Lipinski definition) is 2. The van der Waals surface area contributed by atoms with Crippen molar-refractivity contribution in [3.63, 3.8) is 0 Å². The first kappa shape index (κ1) is 13.3. The van der Waals surface area contributed by atoms with Crippen molar-refractivity contribution in [2.45, 2.75) is 58.2 Å². The molecule has 0 aromatic heterocycles. The van der Waals surface area contributed by atoms with E-state index in [0.717, 1.165) is 25.7 Å². The second kappa shape index (κ2) is 5.53. The summed E-state index contributed by atoms with van der Waals surface area (Å²) in [5.74, 6) is 0.482. The molecule has 0 aromatic carbocycles. The fourth-order valence-corrected chi connectivity index (χ4v) is 1.89. The van der Waals surface area contributed by atoms with E-state index in [1.54, 1.807) is 0 Å². The number of aliphatic hydroxyl groups excluding tert-OH is 1. The lowest BCUT2D eigenvalue weighted by Crippen LogP contribution is -2.36. The number of rotatable bonds is 2. The Kier molecular flexibility index (Phi) is 4.59. The Labute approximate surface area is 97.4 Å². The Morgan fingerprint density at radius 1 is 1.31 bits per heavy atom. The zero-order valence-electron chi connectivity index (χ0n) is 10.5. The fourth-order valence-electron chi connectivity index (χ4n) is 1.89. The molecule has 0 aliphatic heterocycles. The summed E-state index contributed by atoms with van der Waals surface area (Å²) in [6.45, 7) is 6.21. The van der Waals surface area contributed by atoms with Gasteiger partial charge in [-0.3, -0.25) is 0 Å². The third kappa shape index (κ3) is 5.35. The molecule has 16 heavy (non-hydrogen) atoms. The van der Waals surface area contributed by atoms with Crippen LogP contribution in [0.3, 0.4) is 0 Å². The van der Waals surface area contributed by atoms with E-state index in [9.17, 15) is 9.90 Å².